The number of rotatable bonds is 4. The van der Waals surface area contributed by atoms with Gasteiger partial charge in [-0.3, -0.25) is 14.5 Å². The van der Waals surface area contributed by atoms with Gasteiger partial charge in [-0.1, -0.05) is 52.8 Å². The molecular weight excluding hydrogens is 522 g/mol. The fraction of sp³-hybridized carbons (Fsp3) is 0.0741. The predicted octanol–water partition coefficient (Wildman–Crippen LogP) is 7.07. The lowest BCUT2D eigenvalue weighted by Gasteiger charge is -2.24. The van der Waals surface area contributed by atoms with Crippen LogP contribution >= 0.6 is 22.9 Å². The van der Waals surface area contributed by atoms with Gasteiger partial charge in [-0.15, -0.1) is 0 Å². The molecule has 1 aliphatic heterocycles. The van der Waals surface area contributed by atoms with Crippen LogP contribution in [0.25, 0.3) is 21.2 Å². The van der Waals surface area contributed by atoms with E-state index < -0.39 is 35.1 Å². The molecule has 3 aromatic carbocycles. The molecule has 6 rings (SSSR count). The first-order valence-electron chi connectivity index (χ1n) is 11.0. The van der Waals surface area contributed by atoms with E-state index in [4.69, 9.17) is 16.0 Å². The summed E-state index contributed by atoms with van der Waals surface area (Å²) in [5.74, 6) is -4.14. The number of Topliss-reactive ketones (excluding diaryl/α,β-unsaturated/α-hetero) is 1. The SMILES string of the molecule is Cc1cccc(C2C(C(=O)c3cc4cc(Cl)ccc4o3)=C(O)C(=O)N2c2nc3c(F)cc(F)cc3s2)c1. The number of hydrogen-bond donors (Lipinski definition) is 1. The third-order valence-corrected chi connectivity index (χ3v) is 7.36. The number of amides is 1. The molecule has 184 valence electrons. The molecule has 0 aliphatic carbocycles. The highest BCUT2D eigenvalue weighted by atomic mass is 35.5. The number of fused-ring (bicyclic) bond motifs is 2. The van der Waals surface area contributed by atoms with Crippen LogP contribution in [-0.4, -0.2) is 21.8 Å². The Morgan fingerprint density at radius 1 is 1.14 bits per heavy atom. The molecule has 10 heteroatoms. The van der Waals surface area contributed by atoms with E-state index in [-0.39, 0.29) is 26.7 Å². The Bertz CT molecular complexity index is 1810. The molecule has 6 nitrogen and oxygen atoms in total. The molecule has 0 saturated carbocycles. The highest BCUT2D eigenvalue weighted by Gasteiger charge is 2.46. The number of anilines is 1. The number of nitrogens with zero attached hydrogens (tertiary/aromatic N) is 2. The summed E-state index contributed by atoms with van der Waals surface area (Å²) < 4.78 is 34.1. The number of aryl methyl sites for hydroxylation is 1. The molecular formula is C27H15ClF2N2O4S. The number of carbonyl (C=O) groups is 2. The van der Waals surface area contributed by atoms with Crippen LogP contribution in [0.5, 0.6) is 0 Å². The first-order valence-corrected chi connectivity index (χ1v) is 12.2. The smallest absolute Gasteiger partial charge is 0.296 e. The van der Waals surface area contributed by atoms with Crippen LogP contribution in [-0.2, 0) is 4.79 Å². The van der Waals surface area contributed by atoms with E-state index in [1.807, 2.05) is 13.0 Å². The van der Waals surface area contributed by atoms with Gasteiger partial charge in [0.25, 0.3) is 5.91 Å². The zero-order valence-electron chi connectivity index (χ0n) is 19.0. The van der Waals surface area contributed by atoms with Crippen molar-refractivity contribution in [3.8, 4) is 0 Å². The first kappa shape index (κ1) is 23.3. The maximum Gasteiger partial charge on any atom is 0.296 e. The Balaban J connectivity index is 1.52. The van der Waals surface area contributed by atoms with Crippen LogP contribution < -0.4 is 4.90 Å². The lowest BCUT2D eigenvalue weighted by atomic mass is 9.94. The van der Waals surface area contributed by atoms with Crippen molar-refractivity contribution in [1.29, 1.82) is 0 Å². The molecule has 2 aromatic heterocycles. The molecule has 1 unspecified atom stereocenters. The van der Waals surface area contributed by atoms with Crippen molar-refractivity contribution < 1.29 is 27.9 Å². The normalized spacial score (nSPS) is 15.9. The third-order valence-electron chi connectivity index (χ3n) is 6.12. The molecule has 1 amide bonds. The molecule has 0 radical (unpaired) electrons. The van der Waals surface area contributed by atoms with Crippen molar-refractivity contribution in [2.24, 2.45) is 0 Å². The third kappa shape index (κ3) is 3.78. The van der Waals surface area contributed by atoms with Gasteiger partial charge in [0.05, 0.1) is 16.3 Å². The van der Waals surface area contributed by atoms with Gasteiger partial charge in [-0.05, 0) is 42.8 Å². The van der Waals surface area contributed by atoms with Gasteiger partial charge in [0.15, 0.2) is 22.5 Å². The van der Waals surface area contributed by atoms with Crippen LogP contribution in [0.3, 0.4) is 0 Å². The minimum Gasteiger partial charge on any atom is -0.503 e. The second-order valence-corrected chi connectivity index (χ2v) is 10.1. The number of hydrogen-bond acceptors (Lipinski definition) is 6. The van der Waals surface area contributed by atoms with E-state index in [9.17, 15) is 23.5 Å². The first-order chi connectivity index (χ1) is 17.7. The van der Waals surface area contributed by atoms with E-state index in [0.29, 0.717) is 27.6 Å². The number of furan rings is 1. The lowest BCUT2D eigenvalue weighted by Crippen LogP contribution is -2.31. The van der Waals surface area contributed by atoms with E-state index in [1.165, 1.54) is 6.07 Å². The Labute approximate surface area is 217 Å². The van der Waals surface area contributed by atoms with Crippen LogP contribution in [0.2, 0.25) is 5.02 Å². The fourth-order valence-corrected chi connectivity index (χ4v) is 5.71. The number of aliphatic hydroxyl groups excluding tert-OH is 1. The van der Waals surface area contributed by atoms with Gasteiger partial charge >= 0.3 is 0 Å². The summed E-state index contributed by atoms with van der Waals surface area (Å²) in [6.07, 6.45) is 0. The number of thiazole rings is 1. The molecule has 1 atom stereocenters. The molecule has 1 aliphatic rings. The number of aliphatic hydroxyl groups is 1. The van der Waals surface area contributed by atoms with Crippen molar-refractivity contribution in [3.05, 3.63) is 106 Å². The number of ketones is 1. The summed E-state index contributed by atoms with van der Waals surface area (Å²) in [7, 11) is 0. The summed E-state index contributed by atoms with van der Waals surface area (Å²) in [5, 5.41) is 12.0. The van der Waals surface area contributed by atoms with Gasteiger partial charge < -0.3 is 9.52 Å². The molecule has 5 aromatic rings. The minimum absolute atomic E-state index is 0.00161. The summed E-state index contributed by atoms with van der Waals surface area (Å²) in [6.45, 7) is 1.84. The van der Waals surface area contributed by atoms with Gasteiger partial charge in [0.1, 0.15) is 16.9 Å². The molecule has 0 spiro atoms. The summed E-state index contributed by atoms with van der Waals surface area (Å²) in [4.78, 5) is 32.5. The van der Waals surface area contributed by atoms with Gasteiger partial charge in [-0.25, -0.2) is 13.8 Å². The highest BCUT2D eigenvalue weighted by molar-refractivity contribution is 7.22. The van der Waals surface area contributed by atoms with Crippen molar-refractivity contribution in [2.45, 2.75) is 13.0 Å². The van der Waals surface area contributed by atoms with Crippen LogP contribution in [0.15, 0.2) is 76.4 Å². The highest BCUT2D eigenvalue weighted by Crippen LogP contribution is 2.45. The lowest BCUT2D eigenvalue weighted by molar-refractivity contribution is -0.117. The Hall–Kier alpha value is -4.08. The van der Waals surface area contributed by atoms with Gasteiger partial charge in [0, 0.05) is 16.5 Å². The number of carbonyl (C=O) groups excluding carboxylic acids is 2. The van der Waals surface area contributed by atoms with Crippen LogP contribution in [0.4, 0.5) is 13.9 Å². The quantitative estimate of drug-likeness (QED) is 0.248. The van der Waals surface area contributed by atoms with Crippen LogP contribution in [0.1, 0.15) is 27.7 Å². The molecule has 0 fully saturated rings. The number of halogens is 3. The van der Waals surface area contributed by atoms with Crippen molar-refractivity contribution in [3.63, 3.8) is 0 Å². The number of benzene rings is 3. The van der Waals surface area contributed by atoms with E-state index in [2.05, 4.69) is 4.98 Å². The van der Waals surface area contributed by atoms with E-state index in [1.54, 1.807) is 36.4 Å². The average Bonchev–Trinajstić information content (AvgIpc) is 3.53. The summed E-state index contributed by atoms with van der Waals surface area (Å²) in [6, 6.07) is 14.1. The Kier molecular flexibility index (Phi) is 5.36. The second kappa shape index (κ2) is 8.50. The maximum atomic E-state index is 14.4. The zero-order chi connectivity index (χ0) is 26.0. The maximum absolute atomic E-state index is 14.4. The molecule has 0 saturated heterocycles. The Morgan fingerprint density at radius 2 is 1.95 bits per heavy atom. The van der Waals surface area contributed by atoms with Crippen molar-refractivity contribution in [2.75, 3.05) is 4.90 Å². The predicted molar refractivity (Wildman–Crippen MR) is 136 cm³/mol. The average molecular weight is 537 g/mol. The minimum atomic E-state index is -1.09. The Morgan fingerprint density at radius 3 is 2.73 bits per heavy atom. The summed E-state index contributed by atoms with van der Waals surface area (Å²) in [5.41, 5.74) is 1.44. The standard InChI is InChI=1S/C27H15ClF2N2O4S/c1-12-3-2-4-13(7-12)23-21(24(33)19-9-14-8-15(28)5-6-18(14)36-19)25(34)26(35)32(23)27-31-22-17(30)10-16(29)11-20(22)37-27/h2-11,23,34H,1H3. The number of aromatic nitrogens is 1. The fourth-order valence-electron chi connectivity index (χ4n) is 4.50. The van der Waals surface area contributed by atoms with Crippen molar-refractivity contribution >= 4 is 60.9 Å². The largest absolute Gasteiger partial charge is 0.503 e. The molecule has 3 heterocycles. The monoisotopic (exact) mass is 536 g/mol. The zero-order valence-corrected chi connectivity index (χ0v) is 20.5. The van der Waals surface area contributed by atoms with Gasteiger partial charge in [0.2, 0.25) is 5.78 Å². The van der Waals surface area contributed by atoms with Gasteiger partial charge in [-0.2, -0.15) is 0 Å². The van der Waals surface area contributed by atoms with E-state index >= 15 is 0 Å². The van der Waals surface area contributed by atoms with E-state index in [0.717, 1.165) is 27.9 Å². The topological polar surface area (TPSA) is 83.6 Å². The molecule has 0 bridgehead atoms. The molecule has 1 N–H and O–H groups in total. The van der Waals surface area contributed by atoms with Crippen LogP contribution in [0, 0.1) is 18.6 Å². The molecule has 37 heavy (non-hydrogen) atoms. The summed E-state index contributed by atoms with van der Waals surface area (Å²) >= 11 is 6.93. The van der Waals surface area contributed by atoms with Crippen molar-refractivity contribution in [1.82, 2.24) is 4.98 Å². The second-order valence-electron chi connectivity index (χ2n) is 8.61.